The first kappa shape index (κ1) is 21.5. The zero-order chi connectivity index (χ0) is 18.2. The number of nitrogens with one attached hydrogen (secondary N) is 3. The number of carbonyl (C=O) groups is 1. The van der Waals surface area contributed by atoms with Crippen molar-refractivity contribution in [3.8, 4) is 0 Å². The van der Waals surface area contributed by atoms with Crippen molar-refractivity contribution in [1.29, 1.82) is 0 Å². The van der Waals surface area contributed by atoms with Crippen LogP contribution in [0.15, 0.2) is 41.5 Å². The Morgan fingerprint density at radius 2 is 1.93 bits per heavy atom. The molecule has 1 saturated carbocycles. The van der Waals surface area contributed by atoms with Gasteiger partial charge in [0.05, 0.1) is 0 Å². The van der Waals surface area contributed by atoms with Gasteiger partial charge in [0.1, 0.15) is 0 Å². The van der Waals surface area contributed by atoms with E-state index in [1.54, 1.807) is 0 Å². The monoisotopic (exact) mass is 483 g/mol. The molecule has 3 rings (SSSR count). The van der Waals surface area contributed by atoms with Gasteiger partial charge in [0.2, 0.25) is 5.91 Å². The van der Waals surface area contributed by atoms with Crippen LogP contribution < -0.4 is 16.0 Å². The van der Waals surface area contributed by atoms with E-state index in [1.807, 2.05) is 0 Å². The summed E-state index contributed by atoms with van der Waals surface area (Å²) in [5.74, 6) is 1.26. The first-order valence-corrected chi connectivity index (χ1v) is 9.61. The number of para-hydroxylation sites is 1. The molecule has 1 aromatic carbocycles. The van der Waals surface area contributed by atoms with E-state index in [-0.39, 0.29) is 35.8 Å². The Labute approximate surface area is 178 Å². The second kappa shape index (κ2) is 11.2. The summed E-state index contributed by atoms with van der Waals surface area (Å²) in [5, 5.41) is 10.8. The summed E-state index contributed by atoms with van der Waals surface area (Å²) in [6, 6.07) is 10.6. The van der Waals surface area contributed by atoms with Crippen molar-refractivity contribution < 1.29 is 4.79 Å². The first-order valence-electron chi connectivity index (χ1n) is 9.61. The normalized spacial score (nSPS) is 13.9. The number of aryl methyl sites for hydroxylation is 1. The van der Waals surface area contributed by atoms with Gasteiger partial charge in [-0.3, -0.25) is 9.79 Å². The summed E-state index contributed by atoms with van der Waals surface area (Å²) >= 11 is 0. The number of aliphatic imine (C=N–C) groups is 1. The topological polar surface area (TPSA) is 70.5 Å². The van der Waals surface area contributed by atoms with Gasteiger partial charge in [0.25, 0.3) is 0 Å². The van der Waals surface area contributed by atoms with Crippen LogP contribution in [0.2, 0.25) is 0 Å². The number of halogens is 1. The molecule has 0 saturated heterocycles. The zero-order valence-corrected chi connectivity index (χ0v) is 18.2. The third-order valence-corrected chi connectivity index (χ3v) is 4.52. The summed E-state index contributed by atoms with van der Waals surface area (Å²) in [6.07, 6.45) is 5.20. The molecule has 27 heavy (non-hydrogen) atoms. The summed E-state index contributed by atoms with van der Waals surface area (Å²) in [5.41, 5.74) is 1.27. The lowest BCUT2D eigenvalue weighted by atomic mass is 10.2. The SMILES string of the molecule is CCNC(=NCCCn1ccc2ccccc21)NCCNC(=O)C1CC1.I. The van der Waals surface area contributed by atoms with Crippen LogP contribution in [-0.4, -0.2) is 42.6 Å². The molecule has 0 atom stereocenters. The third-order valence-electron chi connectivity index (χ3n) is 4.52. The molecule has 0 spiro atoms. The Morgan fingerprint density at radius 3 is 2.70 bits per heavy atom. The molecule has 0 aliphatic heterocycles. The fraction of sp³-hybridized carbons (Fsp3) is 0.500. The predicted octanol–water partition coefficient (Wildman–Crippen LogP) is 2.73. The number of aromatic nitrogens is 1. The number of rotatable bonds is 9. The van der Waals surface area contributed by atoms with E-state index in [2.05, 4.69) is 69.0 Å². The molecule has 0 bridgehead atoms. The standard InChI is InChI=1S/C20H29N5O.HI/c1-2-21-20(24-13-12-22-19(26)17-8-9-17)23-11-5-14-25-15-10-16-6-3-4-7-18(16)25;/h3-4,6-7,10,15,17H,2,5,8-9,11-14H2,1H3,(H,22,26)(H2,21,23,24);1H. The Balaban J connectivity index is 0.00000261. The number of hydrogen-bond acceptors (Lipinski definition) is 2. The lowest BCUT2D eigenvalue weighted by molar-refractivity contribution is -0.122. The molecule has 1 amide bonds. The Morgan fingerprint density at radius 1 is 1.15 bits per heavy atom. The van der Waals surface area contributed by atoms with E-state index < -0.39 is 0 Å². The smallest absolute Gasteiger partial charge is 0.223 e. The van der Waals surface area contributed by atoms with Gasteiger partial charge < -0.3 is 20.5 Å². The predicted molar refractivity (Wildman–Crippen MR) is 122 cm³/mol. The van der Waals surface area contributed by atoms with E-state index in [4.69, 9.17) is 0 Å². The maximum Gasteiger partial charge on any atom is 0.223 e. The Kier molecular flexibility index (Phi) is 8.90. The fourth-order valence-corrected chi connectivity index (χ4v) is 2.97. The second-order valence-corrected chi connectivity index (χ2v) is 6.67. The van der Waals surface area contributed by atoms with Crippen LogP contribution in [0, 0.1) is 5.92 Å². The second-order valence-electron chi connectivity index (χ2n) is 6.67. The van der Waals surface area contributed by atoms with Crippen LogP contribution in [-0.2, 0) is 11.3 Å². The summed E-state index contributed by atoms with van der Waals surface area (Å²) in [7, 11) is 0. The molecule has 1 aliphatic rings. The molecular weight excluding hydrogens is 453 g/mol. The molecule has 2 aromatic rings. The van der Waals surface area contributed by atoms with E-state index in [1.165, 1.54) is 10.9 Å². The number of carbonyl (C=O) groups excluding carboxylic acids is 1. The lowest BCUT2D eigenvalue weighted by Gasteiger charge is -2.12. The highest BCUT2D eigenvalue weighted by atomic mass is 127. The van der Waals surface area contributed by atoms with Crippen molar-refractivity contribution in [2.45, 2.75) is 32.7 Å². The number of hydrogen-bond donors (Lipinski definition) is 3. The van der Waals surface area contributed by atoms with Crippen LogP contribution in [0.3, 0.4) is 0 Å². The van der Waals surface area contributed by atoms with Gasteiger partial charge in [-0.25, -0.2) is 0 Å². The molecule has 1 aromatic heterocycles. The number of amides is 1. The number of nitrogens with zero attached hydrogens (tertiary/aromatic N) is 2. The van der Waals surface area contributed by atoms with E-state index in [9.17, 15) is 4.79 Å². The molecule has 3 N–H and O–H groups in total. The van der Waals surface area contributed by atoms with Crippen molar-refractivity contribution in [1.82, 2.24) is 20.5 Å². The van der Waals surface area contributed by atoms with Crippen molar-refractivity contribution in [2.24, 2.45) is 10.9 Å². The summed E-state index contributed by atoms with van der Waals surface area (Å²) in [6.45, 7) is 5.91. The van der Waals surface area contributed by atoms with Crippen LogP contribution in [0.4, 0.5) is 0 Å². The maximum atomic E-state index is 11.6. The Bertz CT molecular complexity index is 754. The molecule has 0 radical (unpaired) electrons. The van der Waals surface area contributed by atoms with E-state index >= 15 is 0 Å². The first-order chi connectivity index (χ1) is 12.8. The molecule has 1 fully saturated rings. The molecule has 7 heteroatoms. The van der Waals surface area contributed by atoms with Crippen molar-refractivity contribution in [3.63, 3.8) is 0 Å². The van der Waals surface area contributed by atoms with Gasteiger partial charge in [-0.15, -0.1) is 24.0 Å². The molecule has 148 valence electrons. The lowest BCUT2D eigenvalue weighted by Crippen LogP contribution is -2.41. The quantitative estimate of drug-likeness (QED) is 0.222. The van der Waals surface area contributed by atoms with Gasteiger partial charge in [-0.1, -0.05) is 18.2 Å². The van der Waals surface area contributed by atoms with Crippen molar-refractivity contribution in [2.75, 3.05) is 26.2 Å². The highest BCUT2D eigenvalue weighted by Crippen LogP contribution is 2.28. The minimum absolute atomic E-state index is 0. The minimum Gasteiger partial charge on any atom is -0.357 e. The summed E-state index contributed by atoms with van der Waals surface area (Å²) in [4.78, 5) is 16.2. The number of guanidine groups is 1. The van der Waals surface area contributed by atoms with E-state index in [0.717, 1.165) is 44.9 Å². The van der Waals surface area contributed by atoms with Gasteiger partial charge >= 0.3 is 0 Å². The van der Waals surface area contributed by atoms with Gasteiger partial charge in [0, 0.05) is 50.4 Å². The van der Waals surface area contributed by atoms with Crippen LogP contribution in [0.25, 0.3) is 10.9 Å². The van der Waals surface area contributed by atoms with Gasteiger partial charge in [0.15, 0.2) is 5.96 Å². The molecule has 1 heterocycles. The highest BCUT2D eigenvalue weighted by Gasteiger charge is 2.28. The van der Waals surface area contributed by atoms with Crippen LogP contribution >= 0.6 is 24.0 Å². The molecule has 0 unspecified atom stereocenters. The fourth-order valence-electron chi connectivity index (χ4n) is 2.97. The van der Waals surface area contributed by atoms with E-state index in [0.29, 0.717) is 13.1 Å². The zero-order valence-electron chi connectivity index (χ0n) is 15.9. The number of fused-ring (bicyclic) bond motifs is 1. The Hall–Kier alpha value is -1.77. The number of benzene rings is 1. The molecule has 6 nitrogen and oxygen atoms in total. The average molecular weight is 483 g/mol. The highest BCUT2D eigenvalue weighted by molar-refractivity contribution is 14.0. The van der Waals surface area contributed by atoms with Gasteiger partial charge in [-0.2, -0.15) is 0 Å². The maximum absolute atomic E-state index is 11.6. The molecular formula is C20H30IN5O. The van der Waals surface area contributed by atoms with Crippen LogP contribution in [0.1, 0.15) is 26.2 Å². The van der Waals surface area contributed by atoms with Crippen molar-refractivity contribution in [3.05, 3.63) is 36.5 Å². The summed E-state index contributed by atoms with van der Waals surface area (Å²) < 4.78 is 2.28. The average Bonchev–Trinajstić information content (AvgIpc) is 3.43. The van der Waals surface area contributed by atoms with Gasteiger partial charge in [-0.05, 0) is 43.7 Å². The third kappa shape index (κ3) is 6.71. The largest absolute Gasteiger partial charge is 0.357 e. The van der Waals surface area contributed by atoms with Crippen molar-refractivity contribution >= 4 is 46.7 Å². The molecule has 1 aliphatic carbocycles. The minimum atomic E-state index is 0. The van der Waals surface area contributed by atoms with Crippen LogP contribution in [0.5, 0.6) is 0 Å².